The maximum absolute atomic E-state index is 4.17. The lowest BCUT2D eigenvalue weighted by atomic mass is 10.0. The average Bonchev–Trinajstić information content (AvgIpc) is 2.37. The second kappa shape index (κ2) is 6.01. The summed E-state index contributed by atoms with van der Waals surface area (Å²) in [7, 11) is 0. The van der Waals surface area contributed by atoms with Gasteiger partial charge in [0.1, 0.15) is 0 Å². The van der Waals surface area contributed by atoms with Gasteiger partial charge in [-0.25, -0.2) is 0 Å². The van der Waals surface area contributed by atoms with E-state index in [0.717, 1.165) is 11.0 Å². The molecule has 0 bridgehead atoms. The first kappa shape index (κ1) is 13.1. The van der Waals surface area contributed by atoms with Gasteiger partial charge in [0.15, 0.2) is 0 Å². The molecular weight excluding hydrogens is 288 g/mol. The SMILES string of the molecule is CC(C)c1ccccc1NCc1cncc(Br)c1. The summed E-state index contributed by atoms with van der Waals surface area (Å²) in [5, 5.41) is 3.48. The molecular formula is C15H17BrN2. The van der Waals surface area contributed by atoms with Gasteiger partial charge in [0, 0.05) is 29.1 Å². The molecule has 0 aliphatic heterocycles. The van der Waals surface area contributed by atoms with E-state index in [2.05, 4.69) is 70.4 Å². The summed E-state index contributed by atoms with van der Waals surface area (Å²) in [6.07, 6.45) is 3.68. The molecule has 1 aromatic carbocycles. The van der Waals surface area contributed by atoms with Gasteiger partial charge in [0.2, 0.25) is 0 Å². The van der Waals surface area contributed by atoms with E-state index in [0.29, 0.717) is 5.92 Å². The number of benzene rings is 1. The van der Waals surface area contributed by atoms with Crippen LogP contribution >= 0.6 is 15.9 Å². The van der Waals surface area contributed by atoms with Crippen molar-refractivity contribution in [3.63, 3.8) is 0 Å². The normalized spacial score (nSPS) is 10.7. The minimum atomic E-state index is 0.523. The van der Waals surface area contributed by atoms with Gasteiger partial charge in [-0.05, 0) is 45.1 Å². The number of para-hydroxylation sites is 1. The molecule has 0 radical (unpaired) electrons. The van der Waals surface area contributed by atoms with Gasteiger partial charge in [-0.15, -0.1) is 0 Å². The smallest absolute Gasteiger partial charge is 0.0416 e. The molecule has 0 atom stereocenters. The van der Waals surface area contributed by atoms with Crippen LogP contribution in [-0.4, -0.2) is 4.98 Å². The Morgan fingerprint density at radius 2 is 2.00 bits per heavy atom. The van der Waals surface area contributed by atoms with E-state index in [-0.39, 0.29) is 0 Å². The number of nitrogens with one attached hydrogen (secondary N) is 1. The molecule has 2 nitrogen and oxygen atoms in total. The van der Waals surface area contributed by atoms with Crippen molar-refractivity contribution < 1.29 is 0 Å². The Morgan fingerprint density at radius 1 is 1.22 bits per heavy atom. The number of rotatable bonds is 4. The molecule has 0 unspecified atom stereocenters. The van der Waals surface area contributed by atoms with Crippen molar-refractivity contribution in [2.24, 2.45) is 0 Å². The fourth-order valence-corrected chi connectivity index (χ4v) is 2.32. The topological polar surface area (TPSA) is 24.9 Å². The number of pyridine rings is 1. The molecule has 0 aliphatic rings. The maximum atomic E-state index is 4.17. The highest BCUT2D eigenvalue weighted by atomic mass is 79.9. The number of aromatic nitrogens is 1. The quantitative estimate of drug-likeness (QED) is 0.894. The average molecular weight is 305 g/mol. The highest BCUT2D eigenvalue weighted by Gasteiger charge is 2.05. The van der Waals surface area contributed by atoms with Gasteiger partial charge >= 0.3 is 0 Å². The summed E-state index contributed by atoms with van der Waals surface area (Å²) in [4.78, 5) is 4.17. The van der Waals surface area contributed by atoms with Crippen LogP contribution in [0.5, 0.6) is 0 Å². The Morgan fingerprint density at radius 3 is 2.72 bits per heavy atom. The van der Waals surface area contributed by atoms with Crippen LogP contribution < -0.4 is 5.32 Å². The highest BCUT2D eigenvalue weighted by molar-refractivity contribution is 9.10. The maximum Gasteiger partial charge on any atom is 0.0416 e. The molecule has 0 aliphatic carbocycles. The van der Waals surface area contributed by atoms with Gasteiger partial charge < -0.3 is 5.32 Å². The van der Waals surface area contributed by atoms with Gasteiger partial charge in [-0.1, -0.05) is 32.0 Å². The molecule has 0 spiro atoms. The highest BCUT2D eigenvalue weighted by Crippen LogP contribution is 2.24. The molecule has 1 aromatic heterocycles. The van der Waals surface area contributed by atoms with Crippen LogP contribution in [0.25, 0.3) is 0 Å². The summed E-state index contributed by atoms with van der Waals surface area (Å²) in [5.41, 5.74) is 3.72. The van der Waals surface area contributed by atoms with Crippen molar-refractivity contribution in [1.29, 1.82) is 0 Å². The third-order valence-corrected chi connectivity index (χ3v) is 3.26. The van der Waals surface area contributed by atoms with Gasteiger partial charge in [-0.3, -0.25) is 4.98 Å². The van der Waals surface area contributed by atoms with Crippen molar-refractivity contribution in [3.05, 3.63) is 58.3 Å². The third-order valence-electron chi connectivity index (χ3n) is 2.83. The first-order valence-corrected chi connectivity index (χ1v) is 6.88. The zero-order valence-corrected chi connectivity index (χ0v) is 12.2. The van der Waals surface area contributed by atoms with Crippen molar-refractivity contribution >= 4 is 21.6 Å². The Kier molecular flexibility index (Phi) is 4.37. The summed E-state index contributed by atoms with van der Waals surface area (Å²) < 4.78 is 1.01. The summed E-state index contributed by atoms with van der Waals surface area (Å²) >= 11 is 3.44. The summed E-state index contributed by atoms with van der Waals surface area (Å²) in [5.74, 6) is 0.523. The van der Waals surface area contributed by atoms with Gasteiger partial charge in [-0.2, -0.15) is 0 Å². The molecule has 1 heterocycles. The van der Waals surface area contributed by atoms with Crippen LogP contribution in [0.3, 0.4) is 0 Å². The number of hydrogen-bond acceptors (Lipinski definition) is 2. The Balaban J connectivity index is 2.11. The van der Waals surface area contributed by atoms with E-state index >= 15 is 0 Å². The molecule has 0 amide bonds. The van der Waals surface area contributed by atoms with Crippen LogP contribution in [0.4, 0.5) is 5.69 Å². The van der Waals surface area contributed by atoms with Crippen LogP contribution in [-0.2, 0) is 6.54 Å². The summed E-state index contributed by atoms with van der Waals surface area (Å²) in [6.45, 7) is 5.21. The van der Waals surface area contributed by atoms with Gasteiger partial charge in [0.05, 0.1) is 0 Å². The Labute approximate surface area is 117 Å². The van der Waals surface area contributed by atoms with Gasteiger partial charge in [0.25, 0.3) is 0 Å². The second-order valence-electron chi connectivity index (χ2n) is 4.61. The molecule has 18 heavy (non-hydrogen) atoms. The lowest BCUT2D eigenvalue weighted by Crippen LogP contribution is -2.03. The van der Waals surface area contributed by atoms with Crippen LogP contribution in [0.1, 0.15) is 30.9 Å². The zero-order chi connectivity index (χ0) is 13.0. The zero-order valence-electron chi connectivity index (χ0n) is 10.7. The predicted molar refractivity (Wildman–Crippen MR) is 79.8 cm³/mol. The van der Waals surface area contributed by atoms with E-state index in [1.54, 1.807) is 6.20 Å². The van der Waals surface area contributed by atoms with Crippen LogP contribution in [0, 0.1) is 0 Å². The molecule has 1 N–H and O–H groups in total. The Hall–Kier alpha value is -1.35. The van der Waals surface area contributed by atoms with Crippen molar-refractivity contribution in [3.8, 4) is 0 Å². The molecule has 0 saturated carbocycles. The van der Waals surface area contributed by atoms with Crippen molar-refractivity contribution in [2.45, 2.75) is 26.3 Å². The lowest BCUT2D eigenvalue weighted by Gasteiger charge is -2.14. The molecule has 2 aromatic rings. The number of anilines is 1. The van der Waals surface area contributed by atoms with Crippen molar-refractivity contribution in [2.75, 3.05) is 5.32 Å². The van der Waals surface area contributed by atoms with E-state index in [1.807, 2.05) is 6.20 Å². The Bertz CT molecular complexity index is 523. The predicted octanol–water partition coefficient (Wildman–Crippen LogP) is 4.58. The first-order valence-electron chi connectivity index (χ1n) is 6.09. The molecule has 94 valence electrons. The number of nitrogens with zero attached hydrogens (tertiary/aromatic N) is 1. The first-order chi connectivity index (χ1) is 8.66. The largest absolute Gasteiger partial charge is 0.381 e. The number of hydrogen-bond donors (Lipinski definition) is 1. The summed E-state index contributed by atoms with van der Waals surface area (Å²) in [6, 6.07) is 10.5. The van der Waals surface area contributed by atoms with E-state index in [4.69, 9.17) is 0 Å². The third kappa shape index (κ3) is 3.33. The molecule has 2 rings (SSSR count). The second-order valence-corrected chi connectivity index (χ2v) is 5.52. The van der Waals surface area contributed by atoms with Crippen molar-refractivity contribution in [1.82, 2.24) is 4.98 Å². The minimum Gasteiger partial charge on any atom is -0.381 e. The molecule has 3 heteroatoms. The van der Waals surface area contributed by atoms with E-state index < -0.39 is 0 Å². The van der Waals surface area contributed by atoms with E-state index in [9.17, 15) is 0 Å². The van der Waals surface area contributed by atoms with Crippen LogP contribution in [0.15, 0.2) is 47.2 Å². The minimum absolute atomic E-state index is 0.523. The fourth-order valence-electron chi connectivity index (χ4n) is 1.91. The van der Waals surface area contributed by atoms with Crippen LogP contribution in [0.2, 0.25) is 0 Å². The number of halogens is 1. The van der Waals surface area contributed by atoms with E-state index in [1.165, 1.54) is 16.8 Å². The lowest BCUT2D eigenvalue weighted by molar-refractivity contribution is 0.865. The molecule has 0 fully saturated rings. The fraction of sp³-hybridized carbons (Fsp3) is 0.267. The standard InChI is InChI=1S/C15H17BrN2/c1-11(2)14-5-3-4-6-15(14)18-9-12-7-13(16)10-17-8-12/h3-8,10-11,18H,9H2,1-2H3. The monoisotopic (exact) mass is 304 g/mol. The molecule has 0 saturated heterocycles.